The van der Waals surface area contributed by atoms with Gasteiger partial charge < -0.3 is 9.73 Å². The van der Waals surface area contributed by atoms with Crippen LogP contribution >= 0.6 is 0 Å². The summed E-state index contributed by atoms with van der Waals surface area (Å²) >= 11 is 0. The van der Waals surface area contributed by atoms with Crippen LogP contribution in [0.25, 0.3) is 10.8 Å². The van der Waals surface area contributed by atoms with Crippen LogP contribution in [-0.4, -0.2) is 7.05 Å². The lowest BCUT2D eigenvalue weighted by Crippen LogP contribution is -2.19. The molecule has 1 aromatic heterocycles. The molecule has 2 heteroatoms. The second-order valence-corrected chi connectivity index (χ2v) is 5.61. The quantitative estimate of drug-likeness (QED) is 0.754. The van der Waals surface area contributed by atoms with Gasteiger partial charge in [0.05, 0.1) is 6.04 Å². The van der Waals surface area contributed by atoms with Crippen LogP contribution in [0.3, 0.4) is 0 Å². The van der Waals surface area contributed by atoms with Crippen molar-refractivity contribution >= 4 is 10.8 Å². The Bertz CT molecular complexity index is 785. The molecule has 21 heavy (non-hydrogen) atoms. The van der Waals surface area contributed by atoms with Crippen LogP contribution in [0.5, 0.6) is 0 Å². The first-order valence-corrected chi connectivity index (χ1v) is 7.34. The van der Waals surface area contributed by atoms with Crippen LogP contribution in [-0.2, 0) is 0 Å². The van der Waals surface area contributed by atoms with Gasteiger partial charge in [-0.05, 0) is 55.8 Å². The Hall–Kier alpha value is -2.06. The SMILES string of the molecule is CNC(c1cc(C)oc1C)c1c(C)ccc2ccccc12. The highest BCUT2D eigenvalue weighted by molar-refractivity contribution is 5.87. The van der Waals surface area contributed by atoms with Crippen molar-refractivity contribution in [3.63, 3.8) is 0 Å². The van der Waals surface area contributed by atoms with Gasteiger partial charge in [-0.15, -0.1) is 0 Å². The van der Waals surface area contributed by atoms with Gasteiger partial charge in [0, 0.05) is 5.56 Å². The molecule has 0 spiro atoms. The molecular formula is C19H21NO. The molecule has 0 aliphatic heterocycles. The molecule has 3 aromatic rings. The Morgan fingerprint density at radius 2 is 1.76 bits per heavy atom. The predicted molar refractivity (Wildman–Crippen MR) is 87.8 cm³/mol. The van der Waals surface area contributed by atoms with Gasteiger partial charge in [0.1, 0.15) is 11.5 Å². The highest BCUT2D eigenvalue weighted by Gasteiger charge is 2.21. The Labute approximate surface area is 125 Å². The van der Waals surface area contributed by atoms with E-state index in [-0.39, 0.29) is 6.04 Å². The molecule has 1 unspecified atom stereocenters. The fraction of sp³-hybridized carbons (Fsp3) is 0.263. The summed E-state index contributed by atoms with van der Waals surface area (Å²) in [7, 11) is 2.01. The van der Waals surface area contributed by atoms with Gasteiger partial charge in [-0.2, -0.15) is 0 Å². The monoisotopic (exact) mass is 279 g/mol. The summed E-state index contributed by atoms with van der Waals surface area (Å²) in [5.74, 6) is 1.94. The third-order valence-electron chi connectivity index (χ3n) is 4.16. The summed E-state index contributed by atoms with van der Waals surface area (Å²) in [5, 5.41) is 6.04. The first kappa shape index (κ1) is 13.9. The molecule has 1 heterocycles. The average Bonchev–Trinajstić information content (AvgIpc) is 2.81. The van der Waals surface area contributed by atoms with Crippen LogP contribution in [0.2, 0.25) is 0 Å². The molecule has 0 saturated heterocycles. The van der Waals surface area contributed by atoms with E-state index in [9.17, 15) is 0 Å². The van der Waals surface area contributed by atoms with Crippen molar-refractivity contribution in [3.8, 4) is 0 Å². The summed E-state index contributed by atoms with van der Waals surface area (Å²) in [6, 6.07) is 15.2. The minimum absolute atomic E-state index is 0.147. The molecule has 0 aliphatic rings. The molecule has 3 rings (SSSR count). The van der Waals surface area contributed by atoms with Crippen molar-refractivity contribution < 1.29 is 4.42 Å². The Morgan fingerprint density at radius 3 is 2.43 bits per heavy atom. The Balaban J connectivity index is 2.26. The highest BCUT2D eigenvalue weighted by atomic mass is 16.3. The lowest BCUT2D eigenvalue weighted by atomic mass is 9.90. The Morgan fingerprint density at radius 1 is 1.00 bits per heavy atom. The first-order valence-electron chi connectivity index (χ1n) is 7.34. The maximum Gasteiger partial charge on any atom is 0.106 e. The average molecular weight is 279 g/mol. The number of rotatable bonds is 3. The van der Waals surface area contributed by atoms with E-state index in [1.54, 1.807) is 0 Å². The summed E-state index contributed by atoms with van der Waals surface area (Å²) in [6.07, 6.45) is 0. The fourth-order valence-corrected chi connectivity index (χ4v) is 3.18. The van der Waals surface area contributed by atoms with E-state index in [0.29, 0.717) is 0 Å². The van der Waals surface area contributed by atoms with E-state index in [1.807, 2.05) is 20.9 Å². The van der Waals surface area contributed by atoms with Gasteiger partial charge in [0.25, 0.3) is 0 Å². The molecule has 2 aromatic carbocycles. The highest BCUT2D eigenvalue weighted by Crippen LogP contribution is 2.34. The van der Waals surface area contributed by atoms with E-state index in [4.69, 9.17) is 4.42 Å². The van der Waals surface area contributed by atoms with Crippen molar-refractivity contribution in [2.24, 2.45) is 0 Å². The second kappa shape index (κ2) is 5.38. The van der Waals surface area contributed by atoms with E-state index in [2.05, 4.69) is 54.7 Å². The third-order valence-corrected chi connectivity index (χ3v) is 4.16. The number of fused-ring (bicyclic) bond motifs is 1. The predicted octanol–water partition coefficient (Wildman–Crippen LogP) is 4.67. The maximum atomic E-state index is 5.73. The Kier molecular flexibility index (Phi) is 3.56. The zero-order chi connectivity index (χ0) is 15.0. The molecule has 0 amide bonds. The normalized spacial score (nSPS) is 12.8. The van der Waals surface area contributed by atoms with E-state index >= 15 is 0 Å². The number of furan rings is 1. The van der Waals surface area contributed by atoms with Crippen molar-refractivity contribution in [3.05, 3.63) is 70.7 Å². The minimum atomic E-state index is 0.147. The van der Waals surface area contributed by atoms with Gasteiger partial charge in [-0.1, -0.05) is 36.4 Å². The van der Waals surface area contributed by atoms with Crippen molar-refractivity contribution in [1.29, 1.82) is 0 Å². The number of hydrogen-bond acceptors (Lipinski definition) is 2. The topological polar surface area (TPSA) is 25.2 Å². The maximum absolute atomic E-state index is 5.73. The molecule has 0 bridgehead atoms. The van der Waals surface area contributed by atoms with Crippen LogP contribution in [0.4, 0.5) is 0 Å². The first-order chi connectivity index (χ1) is 10.1. The van der Waals surface area contributed by atoms with E-state index in [0.717, 1.165) is 11.5 Å². The van der Waals surface area contributed by atoms with Crippen LogP contribution in [0.15, 0.2) is 46.9 Å². The molecule has 1 N–H and O–H groups in total. The molecule has 0 saturated carbocycles. The van der Waals surface area contributed by atoms with E-state index < -0.39 is 0 Å². The van der Waals surface area contributed by atoms with E-state index in [1.165, 1.54) is 27.5 Å². The van der Waals surface area contributed by atoms with Gasteiger partial charge in [-0.3, -0.25) is 0 Å². The number of benzene rings is 2. The summed E-state index contributed by atoms with van der Waals surface area (Å²) < 4.78 is 5.73. The van der Waals surface area contributed by atoms with Crippen molar-refractivity contribution in [1.82, 2.24) is 5.32 Å². The second-order valence-electron chi connectivity index (χ2n) is 5.61. The number of nitrogens with one attached hydrogen (secondary N) is 1. The summed E-state index contributed by atoms with van der Waals surface area (Å²) in [6.45, 7) is 6.21. The lowest BCUT2D eigenvalue weighted by Gasteiger charge is -2.21. The largest absolute Gasteiger partial charge is 0.466 e. The van der Waals surface area contributed by atoms with Crippen LogP contribution in [0.1, 0.15) is 34.3 Å². The zero-order valence-corrected chi connectivity index (χ0v) is 13.0. The number of aryl methyl sites for hydroxylation is 3. The van der Waals surface area contributed by atoms with Crippen molar-refractivity contribution in [2.75, 3.05) is 7.05 Å². The minimum Gasteiger partial charge on any atom is -0.466 e. The van der Waals surface area contributed by atoms with Crippen LogP contribution < -0.4 is 5.32 Å². The van der Waals surface area contributed by atoms with Gasteiger partial charge in [0.15, 0.2) is 0 Å². The lowest BCUT2D eigenvalue weighted by molar-refractivity contribution is 0.497. The number of hydrogen-bond donors (Lipinski definition) is 1. The molecule has 108 valence electrons. The summed E-state index contributed by atoms with van der Waals surface area (Å²) in [5.41, 5.74) is 3.85. The van der Waals surface area contributed by atoms with Gasteiger partial charge in [0.2, 0.25) is 0 Å². The molecule has 0 aliphatic carbocycles. The molecule has 2 nitrogen and oxygen atoms in total. The zero-order valence-electron chi connectivity index (χ0n) is 13.0. The molecular weight excluding hydrogens is 258 g/mol. The van der Waals surface area contributed by atoms with Crippen molar-refractivity contribution in [2.45, 2.75) is 26.8 Å². The smallest absolute Gasteiger partial charge is 0.106 e. The van der Waals surface area contributed by atoms with Crippen LogP contribution in [0, 0.1) is 20.8 Å². The standard InChI is InChI=1S/C19H21NO/c1-12-9-10-15-7-5-6-8-16(15)18(12)19(20-4)17-11-13(2)21-14(17)3/h5-11,19-20H,1-4H3. The van der Waals surface area contributed by atoms with Gasteiger partial charge >= 0.3 is 0 Å². The fourth-order valence-electron chi connectivity index (χ4n) is 3.18. The van der Waals surface area contributed by atoms with Gasteiger partial charge in [-0.25, -0.2) is 0 Å². The molecule has 0 fully saturated rings. The molecule has 1 atom stereocenters. The summed E-state index contributed by atoms with van der Waals surface area (Å²) in [4.78, 5) is 0. The molecule has 0 radical (unpaired) electrons. The third kappa shape index (κ3) is 2.36.